The monoisotopic (exact) mass is 265 g/mol. The van der Waals surface area contributed by atoms with E-state index < -0.39 is 0 Å². The number of benzene rings is 1. The standard InChI is InChI=1S/C6H2BrCl2N3/c7-4-2(8)1-3(9)5-6(4)11-12-10-5/h1H,(H,10,11,12). The maximum atomic E-state index is 5.86. The number of nitrogens with one attached hydrogen (secondary N) is 1. The van der Waals surface area contributed by atoms with Gasteiger partial charge in [-0.2, -0.15) is 0 Å². The van der Waals surface area contributed by atoms with Crippen molar-refractivity contribution in [3.63, 3.8) is 0 Å². The number of halogens is 3. The van der Waals surface area contributed by atoms with E-state index in [2.05, 4.69) is 31.3 Å². The third-order valence-electron chi connectivity index (χ3n) is 1.46. The molecule has 0 bridgehead atoms. The van der Waals surface area contributed by atoms with Crippen LogP contribution < -0.4 is 0 Å². The molecule has 1 N–H and O–H groups in total. The molecular weight excluding hydrogens is 265 g/mol. The molecule has 0 unspecified atom stereocenters. The molecule has 0 radical (unpaired) electrons. The number of nitrogens with zero attached hydrogens (tertiary/aromatic N) is 2. The SMILES string of the molecule is Clc1cc(Cl)c2[nH]nnc2c1Br. The lowest BCUT2D eigenvalue weighted by Gasteiger charge is -1.96. The zero-order valence-corrected chi connectivity index (χ0v) is 8.70. The Morgan fingerprint density at radius 3 is 2.83 bits per heavy atom. The lowest BCUT2D eigenvalue weighted by Crippen LogP contribution is -1.76. The van der Waals surface area contributed by atoms with Gasteiger partial charge >= 0.3 is 0 Å². The summed E-state index contributed by atoms with van der Waals surface area (Å²) in [5.41, 5.74) is 1.33. The molecule has 12 heavy (non-hydrogen) atoms. The largest absolute Gasteiger partial charge is 0.256 e. The van der Waals surface area contributed by atoms with E-state index >= 15 is 0 Å². The van der Waals surface area contributed by atoms with E-state index in [0.717, 1.165) is 0 Å². The Labute approximate surface area is 86.2 Å². The van der Waals surface area contributed by atoms with Crippen molar-refractivity contribution in [2.45, 2.75) is 0 Å². The highest BCUT2D eigenvalue weighted by molar-refractivity contribution is 9.10. The van der Waals surface area contributed by atoms with Gasteiger partial charge in [-0.15, -0.1) is 5.10 Å². The topological polar surface area (TPSA) is 41.6 Å². The molecule has 0 saturated heterocycles. The van der Waals surface area contributed by atoms with Crippen molar-refractivity contribution in [2.24, 2.45) is 0 Å². The Morgan fingerprint density at radius 1 is 1.33 bits per heavy atom. The molecule has 0 amide bonds. The summed E-state index contributed by atoms with van der Waals surface area (Å²) < 4.78 is 0.706. The highest BCUT2D eigenvalue weighted by Crippen LogP contribution is 2.33. The van der Waals surface area contributed by atoms with Gasteiger partial charge in [0.1, 0.15) is 11.0 Å². The molecule has 2 rings (SSSR count). The molecule has 62 valence electrons. The minimum atomic E-state index is 0.517. The second-order valence-electron chi connectivity index (χ2n) is 2.19. The Kier molecular flexibility index (Phi) is 1.98. The quantitative estimate of drug-likeness (QED) is 0.745. The van der Waals surface area contributed by atoms with Gasteiger partial charge in [0.2, 0.25) is 0 Å². The van der Waals surface area contributed by atoms with Crippen molar-refractivity contribution in [1.82, 2.24) is 15.4 Å². The van der Waals surface area contributed by atoms with Crippen LogP contribution in [-0.4, -0.2) is 15.4 Å². The Bertz CT molecular complexity index is 440. The van der Waals surface area contributed by atoms with E-state index in [1.54, 1.807) is 6.07 Å². The average molecular weight is 267 g/mol. The minimum absolute atomic E-state index is 0.517. The van der Waals surface area contributed by atoms with Gasteiger partial charge in [-0.3, -0.25) is 5.10 Å². The molecule has 0 aliphatic carbocycles. The molecule has 1 heterocycles. The van der Waals surface area contributed by atoms with Crippen LogP contribution in [0.2, 0.25) is 10.0 Å². The summed E-state index contributed by atoms with van der Waals surface area (Å²) in [6.45, 7) is 0. The molecule has 2 aromatic rings. The van der Waals surface area contributed by atoms with Gasteiger partial charge in [-0.25, -0.2) is 0 Å². The van der Waals surface area contributed by atoms with Crippen molar-refractivity contribution >= 4 is 50.2 Å². The van der Waals surface area contributed by atoms with Crippen molar-refractivity contribution in [1.29, 1.82) is 0 Å². The van der Waals surface area contributed by atoms with Gasteiger partial charge in [0.25, 0.3) is 0 Å². The molecule has 0 fully saturated rings. The van der Waals surface area contributed by atoms with Gasteiger partial charge < -0.3 is 0 Å². The van der Waals surface area contributed by atoms with Crippen LogP contribution in [0, 0.1) is 0 Å². The van der Waals surface area contributed by atoms with Crippen LogP contribution in [0.4, 0.5) is 0 Å². The van der Waals surface area contributed by atoms with Gasteiger partial charge in [0, 0.05) is 0 Å². The zero-order chi connectivity index (χ0) is 8.72. The lowest BCUT2D eigenvalue weighted by molar-refractivity contribution is 0.959. The molecule has 1 aromatic heterocycles. The van der Waals surface area contributed by atoms with E-state index in [9.17, 15) is 0 Å². The van der Waals surface area contributed by atoms with Crippen LogP contribution in [0.5, 0.6) is 0 Å². The fourth-order valence-electron chi connectivity index (χ4n) is 0.908. The van der Waals surface area contributed by atoms with Crippen LogP contribution in [0.15, 0.2) is 10.5 Å². The average Bonchev–Trinajstić information content (AvgIpc) is 2.48. The van der Waals surface area contributed by atoms with Crippen LogP contribution in [0.25, 0.3) is 11.0 Å². The lowest BCUT2D eigenvalue weighted by atomic mass is 10.3. The van der Waals surface area contributed by atoms with Crippen LogP contribution >= 0.6 is 39.1 Å². The third kappa shape index (κ3) is 1.11. The maximum absolute atomic E-state index is 5.86. The van der Waals surface area contributed by atoms with E-state index in [1.807, 2.05) is 0 Å². The van der Waals surface area contributed by atoms with Gasteiger partial charge in [-0.05, 0) is 22.0 Å². The molecule has 0 aliphatic rings. The Morgan fingerprint density at radius 2 is 2.08 bits per heavy atom. The number of aromatic nitrogens is 3. The highest BCUT2D eigenvalue weighted by Gasteiger charge is 2.10. The summed E-state index contributed by atoms with van der Waals surface area (Å²) in [6.07, 6.45) is 0. The summed E-state index contributed by atoms with van der Waals surface area (Å²) in [7, 11) is 0. The highest BCUT2D eigenvalue weighted by atomic mass is 79.9. The summed E-state index contributed by atoms with van der Waals surface area (Å²) >= 11 is 15.0. The Hall–Kier alpha value is -0.320. The first-order valence-corrected chi connectivity index (χ1v) is 4.59. The molecule has 0 aliphatic heterocycles. The minimum Gasteiger partial charge on any atom is -0.256 e. The number of hydrogen-bond donors (Lipinski definition) is 1. The molecular formula is C6H2BrCl2N3. The predicted molar refractivity (Wildman–Crippen MR) is 51.6 cm³/mol. The Balaban J connectivity index is 2.97. The smallest absolute Gasteiger partial charge is 0.130 e. The van der Waals surface area contributed by atoms with E-state index in [0.29, 0.717) is 25.6 Å². The molecule has 3 nitrogen and oxygen atoms in total. The normalized spacial score (nSPS) is 10.9. The maximum Gasteiger partial charge on any atom is 0.130 e. The second-order valence-corrected chi connectivity index (χ2v) is 3.80. The van der Waals surface area contributed by atoms with Crippen LogP contribution in [0.3, 0.4) is 0 Å². The van der Waals surface area contributed by atoms with Gasteiger partial charge in [0.05, 0.1) is 14.5 Å². The summed E-state index contributed by atoms with van der Waals surface area (Å²) in [5.74, 6) is 0. The van der Waals surface area contributed by atoms with Crippen LogP contribution in [-0.2, 0) is 0 Å². The summed E-state index contributed by atoms with van der Waals surface area (Å²) in [5, 5.41) is 11.2. The third-order valence-corrected chi connectivity index (χ3v) is 3.09. The van der Waals surface area contributed by atoms with E-state index in [1.165, 1.54) is 0 Å². The summed E-state index contributed by atoms with van der Waals surface area (Å²) in [4.78, 5) is 0. The number of fused-ring (bicyclic) bond motifs is 1. The molecule has 0 atom stereocenters. The molecule has 6 heteroatoms. The first-order chi connectivity index (χ1) is 5.70. The van der Waals surface area contributed by atoms with E-state index in [-0.39, 0.29) is 0 Å². The van der Waals surface area contributed by atoms with Crippen molar-refractivity contribution in [3.8, 4) is 0 Å². The van der Waals surface area contributed by atoms with Crippen molar-refractivity contribution < 1.29 is 0 Å². The predicted octanol–water partition coefficient (Wildman–Crippen LogP) is 3.03. The first-order valence-electron chi connectivity index (χ1n) is 3.04. The van der Waals surface area contributed by atoms with Crippen molar-refractivity contribution in [2.75, 3.05) is 0 Å². The number of H-pyrrole nitrogens is 1. The van der Waals surface area contributed by atoms with Gasteiger partial charge in [0.15, 0.2) is 0 Å². The molecule has 1 aromatic carbocycles. The number of aromatic amines is 1. The fraction of sp³-hybridized carbons (Fsp3) is 0. The first kappa shape index (κ1) is 8.29. The second kappa shape index (κ2) is 2.87. The summed E-state index contributed by atoms with van der Waals surface area (Å²) in [6, 6.07) is 1.63. The molecule has 0 spiro atoms. The number of rotatable bonds is 0. The van der Waals surface area contributed by atoms with Crippen molar-refractivity contribution in [3.05, 3.63) is 20.6 Å². The fourth-order valence-corrected chi connectivity index (χ4v) is 1.80. The zero-order valence-electron chi connectivity index (χ0n) is 5.61. The van der Waals surface area contributed by atoms with E-state index in [4.69, 9.17) is 23.2 Å². The van der Waals surface area contributed by atoms with Crippen LogP contribution in [0.1, 0.15) is 0 Å². The van der Waals surface area contributed by atoms with Gasteiger partial charge in [-0.1, -0.05) is 28.4 Å². The number of hydrogen-bond acceptors (Lipinski definition) is 2. The molecule has 0 saturated carbocycles.